The minimum atomic E-state index is -1.09. The first kappa shape index (κ1) is 13.8. The highest BCUT2D eigenvalue weighted by Crippen LogP contribution is 2.29. The highest BCUT2D eigenvalue weighted by molar-refractivity contribution is 5.77. The van der Waals surface area contributed by atoms with Crippen LogP contribution >= 0.6 is 0 Å². The number of nitrogens with zero attached hydrogens (tertiary/aromatic N) is 2. The van der Waals surface area contributed by atoms with Crippen LogP contribution in [0.5, 0.6) is 0 Å². The van der Waals surface area contributed by atoms with Gasteiger partial charge in [0.05, 0.1) is 0 Å². The van der Waals surface area contributed by atoms with E-state index in [0.29, 0.717) is 6.42 Å². The molecule has 0 amide bonds. The number of carboxylic acid groups (broad SMARTS) is 1. The minimum absolute atomic E-state index is 0.519. The molecule has 2 rings (SSSR count). The van der Waals surface area contributed by atoms with E-state index in [1.807, 2.05) is 0 Å². The largest absolute Gasteiger partial charge is 0.480 e. The summed E-state index contributed by atoms with van der Waals surface area (Å²) in [5.41, 5.74) is 4.65. The zero-order valence-corrected chi connectivity index (χ0v) is 11.3. The van der Waals surface area contributed by atoms with Crippen molar-refractivity contribution in [3.63, 3.8) is 0 Å². The Morgan fingerprint density at radius 3 is 2.33 bits per heavy atom. The molecule has 1 atom stereocenters. The second-order valence-electron chi connectivity index (χ2n) is 6.06. The van der Waals surface area contributed by atoms with Crippen LogP contribution in [0.25, 0.3) is 0 Å². The molecule has 3 N–H and O–H groups in total. The highest BCUT2D eigenvalue weighted by Gasteiger charge is 2.30. The van der Waals surface area contributed by atoms with Crippen LogP contribution in [0.3, 0.4) is 0 Å². The van der Waals surface area contributed by atoms with E-state index in [4.69, 9.17) is 10.8 Å². The molecule has 0 aromatic rings. The van der Waals surface area contributed by atoms with Crippen molar-refractivity contribution in [3.05, 3.63) is 0 Å². The molecule has 5 nitrogen and oxygen atoms in total. The molecule has 0 bridgehead atoms. The van der Waals surface area contributed by atoms with Crippen molar-refractivity contribution in [2.75, 3.05) is 39.3 Å². The lowest BCUT2D eigenvalue weighted by atomic mass is 9.99. The molecule has 5 heteroatoms. The van der Waals surface area contributed by atoms with Gasteiger partial charge in [0.25, 0.3) is 0 Å². The summed E-state index contributed by atoms with van der Waals surface area (Å²) in [5, 5.41) is 8.97. The summed E-state index contributed by atoms with van der Waals surface area (Å²) < 4.78 is 0. The maximum absolute atomic E-state index is 10.9. The van der Waals surface area contributed by atoms with Gasteiger partial charge in [-0.15, -0.1) is 0 Å². The van der Waals surface area contributed by atoms with Gasteiger partial charge in [0, 0.05) is 39.3 Å². The maximum Gasteiger partial charge on any atom is 0.323 e. The first-order chi connectivity index (χ1) is 8.47. The van der Waals surface area contributed by atoms with Gasteiger partial charge < -0.3 is 20.6 Å². The lowest BCUT2D eigenvalue weighted by Crippen LogP contribution is -2.51. The minimum Gasteiger partial charge on any atom is -0.480 e. The molecule has 2 aliphatic rings. The Labute approximate surface area is 109 Å². The van der Waals surface area contributed by atoms with Crippen LogP contribution in [0, 0.1) is 5.92 Å². The van der Waals surface area contributed by atoms with Crippen molar-refractivity contribution in [2.24, 2.45) is 11.7 Å². The topological polar surface area (TPSA) is 69.8 Å². The van der Waals surface area contributed by atoms with Crippen LogP contribution in [-0.4, -0.2) is 65.7 Å². The Morgan fingerprint density at radius 2 is 1.83 bits per heavy atom. The van der Waals surface area contributed by atoms with E-state index in [1.54, 1.807) is 6.92 Å². The zero-order chi connectivity index (χ0) is 13.2. The molecule has 1 saturated carbocycles. The number of rotatable bonds is 6. The van der Waals surface area contributed by atoms with E-state index in [-0.39, 0.29) is 0 Å². The molecule has 18 heavy (non-hydrogen) atoms. The average Bonchev–Trinajstić information content (AvgIpc) is 3.12. The van der Waals surface area contributed by atoms with Crippen LogP contribution in [-0.2, 0) is 4.79 Å². The second-order valence-corrected chi connectivity index (χ2v) is 6.06. The summed E-state index contributed by atoms with van der Waals surface area (Å²) in [5.74, 6) is 0.0470. The van der Waals surface area contributed by atoms with E-state index >= 15 is 0 Å². The molecular weight excluding hydrogens is 230 g/mol. The quantitative estimate of drug-likeness (QED) is 0.710. The summed E-state index contributed by atoms with van der Waals surface area (Å²) in [6.45, 7) is 7.97. The Kier molecular flexibility index (Phi) is 4.25. The summed E-state index contributed by atoms with van der Waals surface area (Å²) in [6.07, 6.45) is 3.33. The van der Waals surface area contributed by atoms with E-state index < -0.39 is 11.5 Å². The molecule has 0 aromatic heterocycles. The van der Waals surface area contributed by atoms with Crippen molar-refractivity contribution in [2.45, 2.75) is 31.7 Å². The predicted octanol–water partition coefficient (Wildman–Crippen LogP) is 0.206. The van der Waals surface area contributed by atoms with Crippen LogP contribution in [0.1, 0.15) is 26.2 Å². The normalized spacial score (nSPS) is 25.9. The zero-order valence-electron chi connectivity index (χ0n) is 11.3. The summed E-state index contributed by atoms with van der Waals surface area (Å²) in [7, 11) is 0. The van der Waals surface area contributed by atoms with E-state index in [2.05, 4.69) is 9.80 Å². The van der Waals surface area contributed by atoms with E-state index in [9.17, 15) is 4.79 Å². The molecule has 0 spiro atoms. The lowest BCUT2D eigenvalue weighted by molar-refractivity contribution is -0.143. The van der Waals surface area contributed by atoms with Gasteiger partial charge in [0.1, 0.15) is 5.54 Å². The molecular formula is C13H25N3O2. The van der Waals surface area contributed by atoms with E-state index in [1.165, 1.54) is 19.4 Å². The first-order valence-corrected chi connectivity index (χ1v) is 6.94. The van der Waals surface area contributed by atoms with Gasteiger partial charge in [-0.2, -0.15) is 0 Å². The summed E-state index contributed by atoms with van der Waals surface area (Å²) in [4.78, 5) is 15.8. The fourth-order valence-electron chi connectivity index (χ4n) is 2.36. The Bertz CT molecular complexity index is 295. The number of carbonyl (C=O) groups is 1. The SMILES string of the molecule is CC(N)(CCN1CCN(CC2CC2)CC1)C(=O)O. The predicted molar refractivity (Wildman–Crippen MR) is 70.4 cm³/mol. The molecule has 104 valence electrons. The fraction of sp³-hybridized carbons (Fsp3) is 0.923. The third-order valence-corrected chi connectivity index (χ3v) is 4.11. The van der Waals surface area contributed by atoms with Gasteiger partial charge in [0.2, 0.25) is 0 Å². The van der Waals surface area contributed by atoms with Gasteiger partial charge in [-0.25, -0.2) is 0 Å². The smallest absolute Gasteiger partial charge is 0.323 e. The fourth-order valence-corrected chi connectivity index (χ4v) is 2.36. The number of piperazine rings is 1. The monoisotopic (exact) mass is 255 g/mol. The highest BCUT2D eigenvalue weighted by atomic mass is 16.4. The number of nitrogens with two attached hydrogens (primary N) is 1. The first-order valence-electron chi connectivity index (χ1n) is 6.94. The van der Waals surface area contributed by atoms with E-state index in [0.717, 1.165) is 38.6 Å². The molecule has 2 fully saturated rings. The standard InChI is InChI=1S/C13H25N3O2/c1-13(14,12(17)18)4-5-15-6-8-16(9-7-15)10-11-2-3-11/h11H,2-10,14H2,1H3,(H,17,18). The Morgan fingerprint density at radius 1 is 1.28 bits per heavy atom. The van der Waals surface area contributed by atoms with Crippen molar-refractivity contribution >= 4 is 5.97 Å². The number of hydrogen-bond donors (Lipinski definition) is 2. The molecule has 1 aliphatic carbocycles. The number of hydrogen-bond acceptors (Lipinski definition) is 4. The molecule has 0 aromatic carbocycles. The third kappa shape index (κ3) is 3.93. The molecule has 1 unspecified atom stereocenters. The van der Waals surface area contributed by atoms with Crippen LogP contribution < -0.4 is 5.73 Å². The van der Waals surface area contributed by atoms with Crippen molar-refractivity contribution < 1.29 is 9.90 Å². The van der Waals surface area contributed by atoms with Crippen molar-refractivity contribution in [1.29, 1.82) is 0 Å². The molecule has 1 saturated heterocycles. The third-order valence-electron chi connectivity index (χ3n) is 4.11. The lowest BCUT2D eigenvalue weighted by Gasteiger charge is -2.35. The second kappa shape index (κ2) is 5.55. The van der Waals surface area contributed by atoms with Gasteiger partial charge in [-0.1, -0.05) is 0 Å². The van der Waals surface area contributed by atoms with Crippen LogP contribution in [0.4, 0.5) is 0 Å². The summed E-state index contributed by atoms with van der Waals surface area (Å²) in [6, 6.07) is 0. The van der Waals surface area contributed by atoms with Gasteiger partial charge in [-0.3, -0.25) is 4.79 Å². The Balaban J connectivity index is 1.65. The number of carboxylic acids is 1. The van der Waals surface area contributed by atoms with Crippen molar-refractivity contribution in [3.8, 4) is 0 Å². The van der Waals surface area contributed by atoms with Gasteiger partial charge in [0.15, 0.2) is 0 Å². The number of aliphatic carboxylic acids is 1. The molecule has 0 radical (unpaired) electrons. The van der Waals surface area contributed by atoms with Crippen LogP contribution in [0.2, 0.25) is 0 Å². The Hall–Kier alpha value is -0.650. The maximum atomic E-state index is 10.9. The van der Waals surface area contributed by atoms with Crippen LogP contribution in [0.15, 0.2) is 0 Å². The van der Waals surface area contributed by atoms with Gasteiger partial charge >= 0.3 is 5.97 Å². The average molecular weight is 255 g/mol. The molecule has 1 aliphatic heterocycles. The van der Waals surface area contributed by atoms with Gasteiger partial charge in [-0.05, 0) is 32.1 Å². The van der Waals surface area contributed by atoms with Crippen molar-refractivity contribution in [1.82, 2.24) is 9.80 Å². The molecule has 1 heterocycles. The summed E-state index contributed by atoms with van der Waals surface area (Å²) >= 11 is 0.